The van der Waals surface area contributed by atoms with Crippen LogP contribution in [0.5, 0.6) is 0 Å². The Morgan fingerprint density at radius 1 is 1.44 bits per heavy atom. The number of carbonyl (C=O) groups excluding carboxylic acids is 1. The van der Waals surface area contributed by atoms with Crippen LogP contribution in [0.15, 0.2) is 24.4 Å². The maximum Gasteiger partial charge on any atom is 0.303 e. The van der Waals surface area contributed by atoms with Crippen LogP contribution in [0.2, 0.25) is 0 Å². The van der Waals surface area contributed by atoms with E-state index in [1.807, 2.05) is 6.07 Å². The zero-order valence-electron chi connectivity index (χ0n) is 10.1. The summed E-state index contributed by atoms with van der Waals surface area (Å²) >= 11 is 0. The Balaban J connectivity index is 2.58. The molecule has 0 aliphatic heterocycles. The smallest absolute Gasteiger partial charge is 0.303 e. The van der Waals surface area contributed by atoms with Crippen LogP contribution in [0.25, 0.3) is 0 Å². The van der Waals surface area contributed by atoms with Crippen LogP contribution < -0.4 is 5.32 Å². The van der Waals surface area contributed by atoms with Gasteiger partial charge in [0.1, 0.15) is 0 Å². The number of carbonyl (C=O) groups is 2. The molecule has 0 aromatic carbocycles. The molecular formula is C12H16N2O4. The van der Waals surface area contributed by atoms with E-state index in [-0.39, 0.29) is 31.4 Å². The molecule has 0 aliphatic rings. The van der Waals surface area contributed by atoms with Gasteiger partial charge < -0.3 is 15.2 Å². The number of amides is 1. The number of hydrogen-bond donors (Lipinski definition) is 2. The Bertz CT molecular complexity index is 394. The average Bonchev–Trinajstić information content (AvgIpc) is 2.37. The number of nitrogens with zero attached hydrogens (tertiary/aromatic N) is 1. The predicted molar refractivity (Wildman–Crippen MR) is 63.9 cm³/mol. The lowest BCUT2D eigenvalue weighted by molar-refractivity contribution is -0.139. The zero-order chi connectivity index (χ0) is 13.4. The van der Waals surface area contributed by atoms with Crippen molar-refractivity contribution >= 4 is 11.9 Å². The molecule has 1 rings (SSSR count). The largest absolute Gasteiger partial charge is 0.481 e. The van der Waals surface area contributed by atoms with Gasteiger partial charge in [-0.1, -0.05) is 6.07 Å². The van der Waals surface area contributed by atoms with Crippen molar-refractivity contribution in [2.24, 2.45) is 0 Å². The van der Waals surface area contributed by atoms with Crippen molar-refractivity contribution in [3.05, 3.63) is 30.1 Å². The van der Waals surface area contributed by atoms with Crippen LogP contribution in [0.3, 0.4) is 0 Å². The molecule has 0 saturated heterocycles. The first kappa shape index (κ1) is 14.1. The van der Waals surface area contributed by atoms with E-state index >= 15 is 0 Å². The summed E-state index contributed by atoms with van der Waals surface area (Å²) in [7, 11) is 1.53. The van der Waals surface area contributed by atoms with Gasteiger partial charge in [-0.05, 0) is 12.1 Å². The molecule has 6 heteroatoms. The summed E-state index contributed by atoms with van der Waals surface area (Å²) in [6.07, 6.45) is 1.39. The number of ether oxygens (including phenoxy) is 1. The maximum atomic E-state index is 11.5. The molecule has 1 atom stereocenters. The highest BCUT2D eigenvalue weighted by molar-refractivity contribution is 5.80. The monoisotopic (exact) mass is 252 g/mol. The van der Waals surface area contributed by atoms with E-state index in [1.165, 1.54) is 7.11 Å². The molecule has 0 saturated carbocycles. The number of rotatable bonds is 7. The third kappa shape index (κ3) is 4.92. The van der Waals surface area contributed by atoms with Crippen LogP contribution in [0.4, 0.5) is 0 Å². The lowest BCUT2D eigenvalue weighted by atomic mass is 10.2. The van der Waals surface area contributed by atoms with Gasteiger partial charge in [0.05, 0.1) is 24.8 Å². The van der Waals surface area contributed by atoms with Crippen molar-refractivity contribution in [2.75, 3.05) is 13.7 Å². The average molecular weight is 252 g/mol. The molecule has 1 heterocycles. The highest BCUT2D eigenvalue weighted by Crippen LogP contribution is 2.10. The number of aromatic nitrogens is 1. The minimum Gasteiger partial charge on any atom is -0.481 e. The second-order valence-corrected chi connectivity index (χ2v) is 3.72. The Morgan fingerprint density at radius 3 is 2.78 bits per heavy atom. The van der Waals surface area contributed by atoms with Gasteiger partial charge in [0, 0.05) is 19.7 Å². The van der Waals surface area contributed by atoms with Gasteiger partial charge in [0.2, 0.25) is 5.91 Å². The second-order valence-electron chi connectivity index (χ2n) is 3.72. The van der Waals surface area contributed by atoms with Crippen molar-refractivity contribution in [3.8, 4) is 0 Å². The molecule has 1 aromatic rings. The minimum absolute atomic E-state index is 0.0532. The summed E-state index contributed by atoms with van der Waals surface area (Å²) in [6.45, 7) is 0.288. The summed E-state index contributed by atoms with van der Waals surface area (Å²) in [5, 5.41) is 11.2. The van der Waals surface area contributed by atoms with Gasteiger partial charge in [-0.2, -0.15) is 0 Å². The quantitative estimate of drug-likeness (QED) is 0.747. The van der Waals surface area contributed by atoms with E-state index in [4.69, 9.17) is 9.84 Å². The van der Waals surface area contributed by atoms with Crippen LogP contribution in [-0.2, 0) is 14.3 Å². The molecular weight excluding hydrogens is 236 g/mol. The number of hydrogen-bond acceptors (Lipinski definition) is 4. The normalized spacial score (nSPS) is 11.8. The van der Waals surface area contributed by atoms with E-state index in [2.05, 4.69) is 10.3 Å². The Hall–Kier alpha value is -1.95. The Labute approximate surface area is 105 Å². The predicted octanol–water partition coefficient (Wildman–Crippen LogP) is 0.750. The van der Waals surface area contributed by atoms with Crippen LogP contribution >= 0.6 is 0 Å². The lowest BCUT2D eigenvalue weighted by Crippen LogP contribution is -2.32. The SMILES string of the molecule is COC[C@H](NC(=O)CCC(=O)O)c1ccccn1. The lowest BCUT2D eigenvalue weighted by Gasteiger charge is -2.17. The summed E-state index contributed by atoms with van der Waals surface area (Å²) in [5.41, 5.74) is 0.683. The van der Waals surface area contributed by atoms with E-state index < -0.39 is 5.97 Å². The number of carboxylic acids is 1. The third-order valence-electron chi connectivity index (χ3n) is 2.28. The van der Waals surface area contributed by atoms with E-state index in [1.54, 1.807) is 18.3 Å². The highest BCUT2D eigenvalue weighted by atomic mass is 16.5. The van der Waals surface area contributed by atoms with Crippen LogP contribution in [0.1, 0.15) is 24.6 Å². The van der Waals surface area contributed by atoms with Gasteiger partial charge in [0.25, 0.3) is 0 Å². The fraction of sp³-hybridized carbons (Fsp3) is 0.417. The van der Waals surface area contributed by atoms with Gasteiger partial charge in [0.15, 0.2) is 0 Å². The zero-order valence-corrected chi connectivity index (χ0v) is 10.1. The fourth-order valence-electron chi connectivity index (χ4n) is 1.44. The Kier molecular flexibility index (Phi) is 5.79. The standard InChI is InChI=1S/C12H16N2O4/c1-18-8-10(9-4-2-3-7-13-9)14-11(15)5-6-12(16)17/h2-4,7,10H,5-6,8H2,1H3,(H,14,15)(H,16,17)/t10-/m0/s1. The maximum absolute atomic E-state index is 11.5. The van der Waals surface area contributed by atoms with E-state index in [0.29, 0.717) is 5.69 Å². The topological polar surface area (TPSA) is 88.5 Å². The van der Waals surface area contributed by atoms with E-state index in [0.717, 1.165) is 0 Å². The molecule has 0 bridgehead atoms. The highest BCUT2D eigenvalue weighted by Gasteiger charge is 2.15. The second kappa shape index (κ2) is 7.39. The van der Waals surface area contributed by atoms with Crippen LogP contribution in [-0.4, -0.2) is 35.7 Å². The molecule has 0 spiro atoms. The molecule has 0 fully saturated rings. The number of pyridine rings is 1. The molecule has 0 radical (unpaired) electrons. The number of aliphatic carboxylic acids is 1. The van der Waals surface area contributed by atoms with Crippen molar-refractivity contribution in [1.82, 2.24) is 10.3 Å². The Morgan fingerprint density at radius 2 is 2.22 bits per heavy atom. The number of nitrogens with one attached hydrogen (secondary N) is 1. The van der Waals surface area contributed by atoms with E-state index in [9.17, 15) is 9.59 Å². The van der Waals surface area contributed by atoms with Gasteiger partial charge >= 0.3 is 5.97 Å². The molecule has 0 unspecified atom stereocenters. The van der Waals surface area contributed by atoms with Crippen molar-refractivity contribution < 1.29 is 19.4 Å². The summed E-state index contributed by atoms with van der Waals surface area (Å²) in [6, 6.07) is 5.01. The summed E-state index contributed by atoms with van der Waals surface area (Å²) in [4.78, 5) is 26.1. The molecule has 1 aromatic heterocycles. The molecule has 0 aliphatic carbocycles. The molecule has 1 amide bonds. The van der Waals surface area contributed by atoms with Crippen molar-refractivity contribution in [2.45, 2.75) is 18.9 Å². The first-order chi connectivity index (χ1) is 8.63. The first-order valence-electron chi connectivity index (χ1n) is 5.54. The molecule has 6 nitrogen and oxygen atoms in total. The van der Waals surface area contributed by atoms with Gasteiger partial charge in [-0.25, -0.2) is 0 Å². The summed E-state index contributed by atoms with van der Waals surface area (Å²) < 4.78 is 5.01. The van der Waals surface area contributed by atoms with Gasteiger partial charge in [-0.3, -0.25) is 14.6 Å². The van der Waals surface area contributed by atoms with Crippen molar-refractivity contribution in [1.29, 1.82) is 0 Å². The molecule has 18 heavy (non-hydrogen) atoms. The first-order valence-corrected chi connectivity index (χ1v) is 5.54. The van der Waals surface area contributed by atoms with Gasteiger partial charge in [-0.15, -0.1) is 0 Å². The van der Waals surface area contributed by atoms with Crippen LogP contribution in [0, 0.1) is 0 Å². The molecule has 98 valence electrons. The number of methoxy groups -OCH3 is 1. The van der Waals surface area contributed by atoms with Crippen molar-refractivity contribution in [3.63, 3.8) is 0 Å². The fourth-order valence-corrected chi connectivity index (χ4v) is 1.44. The number of carboxylic acid groups (broad SMARTS) is 1. The third-order valence-corrected chi connectivity index (χ3v) is 2.28. The summed E-state index contributed by atoms with van der Waals surface area (Å²) in [5.74, 6) is -1.32. The minimum atomic E-state index is -0.994. The molecule has 2 N–H and O–H groups in total.